The van der Waals surface area contributed by atoms with Crippen LogP contribution in [0.4, 0.5) is 10.5 Å². The third kappa shape index (κ3) is 2.60. The molecule has 0 atom stereocenters. The summed E-state index contributed by atoms with van der Waals surface area (Å²) in [4.78, 5) is 11.9. The first-order valence-electron chi connectivity index (χ1n) is 3.82. The van der Waals surface area contributed by atoms with Gasteiger partial charge in [-0.15, -0.1) is 0 Å². The van der Waals surface area contributed by atoms with Gasteiger partial charge in [-0.25, -0.2) is 9.69 Å². The van der Waals surface area contributed by atoms with Gasteiger partial charge in [0.1, 0.15) is 0 Å². The maximum atomic E-state index is 11.0. The average Bonchev–Trinajstić information content (AvgIpc) is 2.10. The van der Waals surface area contributed by atoms with E-state index in [1.807, 2.05) is 0 Å². The fourth-order valence-electron chi connectivity index (χ4n) is 1.01. The normalized spacial score (nSPS) is 9.73. The zero-order chi connectivity index (χ0) is 11.6. The number of guanidine groups is 1. The number of nitrogens with zero attached hydrogens (tertiary/aromatic N) is 1. The van der Waals surface area contributed by atoms with Gasteiger partial charge >= 0.3 is 6.03 Å². The zero-order valence-electron chi connectivity index (χ0n) is 7.50. The molecule has 5 nitrogen and oxygen atoms in total. The lowest BCUT2D eigenvalue weighted by Crippen LogP contribution is -2.44. The van der Waals surface area contributed by atoms with Gasteiger partial charge in [-0.2, -0.15) is 0 Å². The number of anilines is 1. The van der Waals surface area contributed by atoms with Crippen molar-refractivity contribution in [2.45, 2.75) is 0 Å². The highest BCUT2D eigenvalue weighted by molar-refractivity contribution is 9.10. The minimum Gasteiger partial charge on any atom is -0.369 e. The van der Waals surface area contributed by atoms with E-state index >= 15 is 0 Å². The molecule has 5 N–H and O–H groups in total. The van der Waals surface area contributed by atoms with Gasteiger partial charge in [-0.05, 0) is 34.1 Å². The molecular formula is C8H8BrClN4O. The Bertz CT molecular complexity index is 409. The van der Waals surface area contributed by atoms with E-state index in [4.69, 9.17) is 28.5 Å². The van der Waals surface area contributed by atoms with Crippen LogP contribution in [0.25, 0.3) is 0 Å². The smallest absolute Gasteiger partial charge is 0.326 e. The molecule has 0 aliphatic carbocycles. The van der Waals surface area contributed by atoms with Crippen LogP contribution in [0.2, 0.25) is 5.02 Å². The number of benzene rings is 1. The number of nitrogens with two attached hydrogens (primary N) is 2. The molecule has 0 heterocycles. The SMILES string of the molecule is N=C(N)N(C(N)=O)c1ccc(Br)c(Cl)c1. The van der Waals surface area contributed by atoms with Crippen LogP contribution in [0, 0.1) is 5.41 Å². The van der Waals surface area contributed by atoms with Gasteiger partial charge in [0, 0.05) is 4.47 Å². The third-order valence-electron chi connectivity index (χ3n) is 1.62. The largest absolute Gasteiger partial charge is 0.369 e. The van der Waals surface area contributed by atoms with E-state index in [9.17, 15) is 4.79 Å². The van der Waals surface area contributed by atoms with E-state index in [2.05, 4.69) is 15.9 Å². The number of primary amides is 1. The third-order valence-corrected chi connectivity index (χ3v) is 2.86. The van der Waals surface area contributed by atoms with Crippen molar-refractivity contribution in [3.05, 3.63) is 27.7 Å². The Morgan fingerprint density at radius 3 is 2.47 bits per heavy atom. The molecule has 0 fully saturated rings. The van der Waals surface area contributed by atoms with Crippen LogP contribution < -0.4 is 16.4 Å². The summed E-state index contributed by atoms with van der Waals surface area (Å²) in [5.41, 5.74) is 10.6. The fourth-order valence-corrected chi connectivity index (χ4v) is 1.43. The Morgan fingerprint density at radius 1 is 1.47 bits per heavy atom. The summed E-state index contributed by atoms with van der Waals surface area (Å²) >= 11 is 9.03. The van der Waals surface area contributed by atoms with Crippen LogP contribution in [-0.2, 0) is 0 Å². The summed E-state index contributed by atoms with van der Waals surface area (Å²) in [6, 6.07) is 3.86. The highest BCUT2D eigenvalue weighted by Gasteiger charge is 2.16. The number of urea groups is 1. The van der Waals surface area contributed by atoms with Gasteiger partial charge in [0.15, 0.2) is 0 Å². The van der Waals surface area contributed by atoms with Crippen molar-refractivity contribution in [2.75, 3.05) is 4.90 Å². The van der Waals surface area contributed by atoms with Gasteiger partial charge in [0.05, 0.1) is 10.7 Å². The number of carbonyl (C=O) groups excluding carboxylic acids is 1. The summed E-state index contributed by atoms with van der Waals surface area (Å²) < 4.78 is 0.681. The number of rotatable bonds is 1. The molecule has 0 aliphatic heterocycles. The molecule has 0 aromatic heterocycles. The number of halogens is 2. The summed E-state index contributed by atoms with van der Waals surface area (Å²) in [6.07, 6.45) is 0. The Hall–Kier alpha value is -1.27. The number of hydrogen-bond acceptors (Lipinski definition) is 2. The molecule has 1 aromatic carbocycles. The number of amides is 2. The molecule has 0 spiro atoms. The summed E-state index contributed by atoms with van der Waals surface area (Å²) in [5, 5.41) is 7.59. The van der Waals surface area contributed by atoms with E-state index in [1.165, 1.54) is 6.07 Å². The first kappa shape index (κ1) is 11.8. The minimum atomic E-state index is -0.833. The molecule has 80 valence electrons. The van der Waals surface area contributed by atoms with E-state index < -0.39 is 12.0 Å². The van der Waals surface area contributed by atoms with Gasteiger partial charge in [-0.1, -0.05) is 11.6 Å². The predicted octanol–water partition coefficient (Wildman–Crippen LogP) is 1.88. The van der Waals surface area contributed by atoms with Crippen molar-refractivity contribution in [3.63, 3.8) is 0 Å². The van der Waals surface area contributed by atoms with Crippen LogP contribution in [0.1, 0.15) is 0 Å². The molecule has 1 aromatic rings. The molecule has 0 saturated heterocycles. The van der Waals surface area contributed by atoms with Crippen molar-refractivity contribution in [3.8, 4) is 0 Å². The monoisotopic (exact) mass is 290 g/mol. The lowest BCUT2D eigenvalue weighted by Gasteiger charge is -2.18. The lowest BCUT2D eigenvalue weighted by molar-refractivity contribution is 0.256. The minimum absolute atomic E-state index is 0.350. The first-order valence-corrected chi connectivity index (χ1v) is 4.99. The van der Waals surface area contributed by atoms with E-state index in [1.54, 1.807) is 12.1 Å². The van der Waals surface area contributed by atoms with Crippen LogP contribution >= 0.6 is 27.5 Å². The van der Waals surface area contributed by atoms with Crippen molar-refractivity contribution in [1.82, 2.24) is 0 Å². The quantitative estimate of drug-likeness (QED) is 0.544. The molecule has 0 radical (unpaired) electrons. The molecule has 15 heavy (non-hydrogen) atoms. The van der Waals surface area contributed by atoms with Crippen molar-refractivity contribution >= 4 is 45.2 Å². The van der Waals surface area contributed by atoms with Gasteiger partial charge in [-0.3, -0.25) is 5.41 Å². The maximum absolute atomic E-state index is 11.0. The molecule has 0 saturated carbocycles. The van der Waals surface area contributed by atoms with Crippen molar-refractivity contribution in [2.24, 2.45) is 11.5 Å². The molecule has 0 aliphatic rings. The number of hydrogen-bond donors (Lipinski definition) is 3. The van der Waals surface area contributed by atoms with E-state index in [0.717, 1.165) is 4.90 Å². The van der Waals surface area contributed by atoms with E-state index in [-0.39, 0.29) is 0 Å². The first-order chi connectivity index (χ1) is 6.93. The number of carbonyl (C=O) groups is 1. The Morgan fingerprint density at radius 2 is 2.07 bits per heavy atom. The Labute approximate surface area is 99.6 Å². The second kappa shape index (κ2) is 4.50. The van der Waals surface area contributed by atoms with Gasteiger partial charge in [0.2, 0.25) is 5.96 Å². The predicted molar refractivity (Wildman–Crippen MR) is 63.1 cm³/mol. The van der Waals surface area contributed by atoms with Crippen LogP contribution in [0.5, 0.6) is 0 Å². The Balaban J connectivity index is 3.18. The summed E-state index contributed by atoms with van der Waals surface area (Å²) in [7, 11) is 0. The van der Waals surface area contributed by atoms with Crippen molar-refractivity contribution in [1.29, 1.82) is 5.41 Å². The van der Waals surface area contributed by atoms with Crippen molar-refractivity contribution < 1.29 is 4.79 Å². The second-order valence-electron chi connectivity index (χ2n) is 2.66. The Kier molecular flexibility index (Phi) is 3.54. The standard InChI is InChI=1S/C8H8BrClN4O/c9-5-2-1-4(3-6(5)10)14(7(11)12)8(13)15/h1-3H,(H3,11,12)(H2,13,15). The van der Waals surface area contributed by atoms with Gasteiger partial charge in [0.25, 0.3) is 0 Å². The molecule has 0 unspecified atom stereocenters. The molecule has 1 rings (SSSR count). The lowest BCUT2D eigenvalue weighted by atomic mass is 10.3. The van der Waals surface area contributed by atoms with Crippen LogP contribution in [-0.4, -0.2) is 12.0 Å². The maximum Gasteiger partial charge on any atom is 0.326 e. The molecule has 2 amide bonds. The molecule has 7 heteroatoms. The highest BCUT2D eigenvalue weighted by atomic mass is 79.9. The van der Waals surface area contributed by atoms with Crippen LogP contribution in [0.15, 0.2) is 22.7 Å². The van der Waals surface area contributed by atoms with Crippen LogP contribution in [0.3, 0.4) is 0 Å². The topological polar surface area (TPSA) is 96.2 Å². The molecular weight excluding hydrogens is 283 g/mol. The van der Waals surface area contributed by atoms with Gasteiger partial charge < -0.3 is 11.5 Å². The zero-order valence-corrected chi connectivity index (χ0v) is 9.84. The van der Waals surface area contributed by atoms with E-state index in [0.29, 0.717) is 15.2 Å². The summed E-state index contributed by atoms with van der Waals surface area (Å²) in [6.45, 7) is 0. The second-order valence-corrected chi connectivity index (χ2v) is 3.92. The highest BCUT2D eigenvalue weighted by Crippen LogP contribution is 2.27. The fraction of sp³-hybridized carbons (Fsp3) is 0. The average molecular weight is 292 g/mol. The molecule has 0 bridgehead atoms. The number of nitrogens with one attached hydrogen (secondary N) is 1. The summed E-state index contributed by atoms with van der Waals surface area (Å²) in [5.74, 6) is -0.458.